The second kappa shape index (κ2) is 6.67. The Balaban J connectivity index is 2.32. The van der Waals surface area contributed by atoms with Crippen molar-refractivity contribution in [3.05, 3.63) is 36.0 Å². The molecule has 0 radical (unpaired) electrons. The number of fused-ring (bicyclic) bond motifs is 1. The normalized spacial score (nSPS) is 14.7. The summed E-state index contributed by atoms with van der Waals surface area (Å²) in [5, 5.41) is 19.6. The third-order valence-corrected chi connectivity index (χ3v) is 4.05. The molecule has 0 spiro atoms. The molecule has 23 heavy (non-hydrogen) atoms. The number of para-hydroxylation sites is 1. The summed E-state index contributed by atoms with van der Waals surface area (Å²) in [7, 11) is -3.53. The number of aliphatic hydroxyl groups excluding tert-OH is 1. The number of sulfonamides is 1. The number of aliphatic carboxylic acids is 1. The van der Waals surface area contributed by atoms with Gasteiger partial charge in [-0.2, -0.15) is 4.72 Å². The number of nitrogens with two attached hydrogens (primary N) is 1. The minimum Gasteiger partial charge on any atom is -0.480 e. The second-order valence-corrected chi connectivity index (χ2v) is 7.16. The molecule has 0 aliphatic heterocycles. The van der Waals surface area contributed by atoms with Gasteiger partial charge in [-0.25, -0.2) is 8.42 Å². The molecule has 0 saturated carbocycles. The Hall–Kier alpha value is -1.94. The molecule has 0 amide bonds. The number of carboxylic acid groups (broad SMARTS) is 1. The van der Waals surface area contributed by atoms with Crippen molar-refractivity contribution in [3.8, 4) is 0 Å². The van der Waals surface area contributed by atoms with Gasteiger partial charge in [0, 0.05) is 23.5 Å². The fraction of sp³-hybridized carbons (Fsp3) is 0.357. The second-order valence-electron chi connectivity index (χ2n) is 5.38. The lowest BCUT2D eigenvalue weighted by Crippen LogP contribution is -2.36. The highest BCUT2D eigenvalue weighted by atomic mass is 32.2. The van der Waals surface area contributed by atoms with E-state index in [0.717, 1.165) is 22.7 Å². The summed E-state index contributed by atoms with van der Waals surface area (Å²) in [5.41, 5.74) is 7.07. The Morgan fingerprint density at radius 1 is 1.39 bits per heavy atom. The molecule has 9 heteroatoms. The number of aliphatic hydroxyl groups is 1. The predicted octanol–water partition coefficient (Wildman–Crippen LogP) is -0.537. The molecule has 1 heterocycles. The van der Waals surface area contributed by atoms with E-state index in [1.54, 1.807) is 22.9 Å². The summed E-state index contributed by atoms with van der Waals surface area (Å²) >= 11 is 0. The fourth-order valence-corrected chi connectivity index (χ4v) is 3.00. The van der Waals surface area contributed by atoms with E-state index in [4.69, 9.17) is 10.8 Å². The SMILES string of the molecule is CS(=O)(=O)NC(O)Cn1cc(C[C@H](N)C(=O)O)c2ccccc21. The van der Waals surface area contributed by atoms with E-state index in [1.807, 2.05) is 12.1 Å². The Labute approximate surface area is 133 Å². The zero-order valence-corrected chi connectivity index (χ0v) is 13.3. The summed E-state index contributed by atoms with van der Waals surface area (Å²) in [6.45, 7) is -0.00407. The van der Waals surface area contributed by atoms with Crippen LogP contribution < -0.4 is 10.5 Å². The van der Waals surface area contributed by atoms with E-state index in [-0.39, 0.29) is 13.0 Å². The van der Waals surface area contributed by atoms with E-state index < -0.39 is 28.3 Å². The number of nitrogens with one attached hydrogen (secondary N) is 1. The van der Waals surface area contributed by atoms with Gasteiger partial charge in [-0.3, -0.25) is 4.79 Å². The highest BCUT2D eigenvalue weighted by molar-refractivity contribution is 7.88. The summed E-state index contributed by atoms with van der Waals surface area (Å²) in [6, 6.07) is 6.21. The number of hydrogen-bond acceptors (Lipinski definition) is 5. The van der Waals surface area contributed by atoms with Gasteiger partial charge in [-0.1, -0.05) is 18.2 Å². The molecular weight excluding hydrogens is 322 g/mol. The zero-order chi connectivity index (χ0) is 17.2. The van der Waals surface area contributed by atoms with Crippen LogP contribution in [0, 0.1) is 0 Å². The largest absolute Gasteiger partial charge is 0.480 e. The predicted molar refractivity (Wildman–Crippen MR) is 85.2 cm³/mol. The van der Waals surface area contributed by atoms with Crippen molar-refractivity contribution < 1.29 is 23.4 Å². The lowest BCUT2D eigenvalue weighted by atomic mass is 10.1. The molecule has 0 saturated heterocycles. The van der Waals surface area contributed by atoms with Crippen molar-refractivity contribution in [1.29, 1.82) is 0 Å². The highest BCUT2D eigenvalue weighted by Crippen LogP contribution is 2.22. The molecule has 1 unspecified atom stereocenters. The maximum absolute atomic E-state index is 11.2. The average molecular weight is 341 g/mol. The first kappa shape index (κ1) is 17.4. The molecule has 1 aromatic heterocycles. The van der Waals surface area contributed by atoms with Crippen LogP contribution >= 0.6 is 0 Å². The Morgan fingerprint density at radius 3 is 2.65 bits per heavy atom. The molecule has 2 atom stereocenters. The number of carboxylic acids is 1. The van der Waals surface area contributed by atoms with Gasteiger partial charge < -0.3 is 20.5 Å². The number of nitrogens with zero attached hydrogens (tertiary/aromatic N) is 1. The minimum atomic E-state index is -3.53. The summed E-state index contributed by atoms with van der Waals surface area (Å²) < 4.78 is 26.1. The molecule has 8 nitrogen and oxygen atoms in total. The lowest BCUT2D eigenvalue weighted by molar-refractivity contribution is -0.138. The Kier molecular flexibility index (Phi) is 5.05. The van der Waals surface area contributed by atoms with Crippen LogP contribution in [0.5, 0.6) is 0 Å². The van der Waals surface area contributed by atoms with Crippen molar-refractivity contribution in [2.75, 3.05) is 6.26 Å². The standard InChI is InChI=1S/C14H19N3O5S/c1-23(21,22)16-13(18)8-17-7-9(6-11(15)14(19)20)10-4-2-3-5-12(10)17/h2-5,7,11,13,16,18H,6,8,15H2,1H3,(H,19,20)/t11-,13?/m0/s1. The van der Waals surface area contributed by atoms with E-state index in [1.165, 1.54) is 0 Å². The van der Waals surface area contributed by atoms with E-state index >= 15 is 0 Å². The van der Waals surface area contributed by atoms with Gasteiger partial charge in [0.1, 0.15) is 12.3 Å². The molecule has 0 fully saturated rings. The minimum absolute atomic E-state index is 0.00407. The van der Waals surface area contributed by atoms with Crippen LogP contribution in [-0.2, 0) is 27.8 Å². The van der Waals surface area contributed by atoms with Crippen LogP contribution in [0.4, 0.5) is 0 Å². The molecule has 126 valence electrons. The maximum Gasteiger partial charge on any atom is 0.320 e. The molecule has 0 aliphatic rings. The van der Waals surface area contributed by atoms with Gasteiger partial charge in [0.15, 0.2) is 0 Å². The molecular formula is C14H19N3O5S. The molecule has 0 aliphatic carbocycles. The first-order chi connectivity index (χ1) is 10.7. The average Bonchev–Trinajstić information content (AvgIpc) is 2.75. The van der Waals surface area contributed by atoms with Gasteiger partial charge >= 0.3 is 5.97 Å². The van der Waals surface area contributed by atoms with Crippen molar-refractivity contribution in [2.45, 2.75) is 25.2 Å². The molecule has 5 N–H and O–H groups in total. The van der Waals surface area contributed by atoms with Gasteiger partial charge in [0.25, 0.3) is 0 Å². The molecule has 2 rings (SSSR count). The van der Waals surface area contributed by atoms with Crippen LogP contribution in [0.25, 0.3) is 10.9 Å². The van der Waals surface area contributed by atoms with E-state index in [9.17, 15) is 18.3 Å². The van der Waals surface area contributed by atoms with Crippen LogP contribution in [0.1, 0.15) is 5.56 Å². The summed E-state index contributed by atoms with van der Waals surface area (Å²) in [6.07, 6.45) is 1.49. The van der Waals surface area contributed by atoms with Gasteiger partial charge in [0.2, 0.25) is 10.0 Å². The molecule has 0 bridgehead atoms. The maximum atomic E-state index is 11.2. The first-order valence-electron chi connectivity index (χ1n) is 6.88. The molecule has 1 aromatic carbocycles. The quantitative estimate of drug-likeness (QED) is 0.500. The number of rotatable bonds is 7. The summed E-state index contributed by atoms with van der Waals surface area (Å²) in [4.78, 5) is 10.9. The van der Waals surface area contributed by atoms with Crippen molar-refractivity contribution >= 4 is 26.9 Å². The first-order valence-corrected chi connectivity index (χ1v) is 8.77. The Morgan fingerprint density at radius 2 is 2.04 bits per heavy atom. The van der Waals surface area contributed by atoms with Gasteiger partial charge in [-0.05, 0) is 11.6 Å². The smallest absolute Gasteiger partial charge is 0.320 e. The monoisotopic (exact) mass is 341 g/mol. The lowest BCUT2D eigenvalue weighted by Gasteiger charge is -2.13. The van der Waals surface area contributed by atoms with Gasteiger partial charge in [0.05, 0.1) is 12.8 Å². The van der Waals surface area contributed by atoms with Crippen LogP contribution in [0.15, 0.2) is 30.5 Å². The number of hydrogen-bond donors (Lipinski definition) is 4. The third-order valence-electron chi connectivity index (χ3n) is 3.35. The topological polar surface area (TPSA) is 135 Å². The van der Waals surface area contributed by atoms with Crippen LogP contribution in [0.2, 0.25) is 0 Å². The fourth-order valence-electron chi connectivity index (χ4n) is 2.43. The Bertz CT molecular complexity index is 815. The van der Waals surface area contributed by atoms with Crippen molar-refractivity contribution in [3.63, 3.8) is 0 Å². The third kappa shape index (κ3) is 4.52. The highest BCUT2D eigenvalue weighted by Gasteiger charge is 2.18. The van der Waals surface area contributed by atoms with Crippen molar-refractivity contribution in [1.82, 2.24) is 9.29 Å². The van der Waals surface area contributed by atoms with Crippen molar-refractivity contribution in [2.24, 2.45) is 5.73 Å². The van der Waals surface area contributed by atoms with Crippen LogP contribution in [0.3, 0.4) is 0 Å². The number of benzene rings is 1. The molecule has 2 aromatic rings. The van der Waals surface area contributed by atoms with E-state index in [0.29, 0.717) is 0 Å². The van der Waals surface area contributed by atoms with Gasteiger partial charge in [-0.15, -0.1) is 0 Å². The zero-order valence-electron chi connectivity index (χ0n) is 12.5. The number of aromatic nitrogens is 1. The number of carbonyl (C=O) groups is 1. The van der Waals surface area contributed by atoms with Crippen LogP contribution in [-0.4, -0.2) is 47.7 Å². The summed E-state index contributed by atoms with van der Waals surface area (Å²) in [5.74, 6) is -1.10. The van der Waals surface area contributed by atoms with E-state index in [2.05, 4.69) is 4.72 Å².